The summed E-state index contributed by atoms with van der Waals surface area (Å²) in [4.78, 5) is 8.48. The van der Waals surface area contributed by atoms with Crippen LogP contribution in [-0.2, 0) is 22.5 Å². The van der Waals surface area contributed by atoms with E-state index < -0.39 is 16.1 Å². The van der Waals surface area contributed by atoms with Gasteiger partial charge < -0.3 is 9.42 Å². The molecule has 0 rings (SSSR count). The first kappa shape index (κ1) is 10.3. The quantitative estimate of drug-likeness (QED) is 0.659. The molecule has 2 unspecified atom stereocenters. The van der Waals surface area contributed by atoms with Crippen LogP contribution < -0.4 is 0 Å². The Hall–Kier alpha value is 0.300. The van der Waals surface area contributed by atoms with Crippen molar-refractivity contribution in [2.45, 2.75) is 0 Å². The van der Waals surface area contributed by atoms with Crippen molar-refractivity contribution in [2.24, 2.45) is 0 Å². The second-order valence-electron chi connectivity index (χ2n) is 1.20. The molecule has 2 atom stereocenters. The van der Waals surface area contributed by atoms with E-state index in [4.69, 9.17) is 4.89 Å². The van der Waals surface area contributed by atoms with E-state index in [0.717, 1.165) is 14.2 Å². The maximum Gasteiger partial charge on any atom is 0.479 e. The van der Waals surface area contributed by atoms with E-state index in [9.17, 15) is 9.13 Å². The van der Waals surface area contributed by atoms with Crippen molar-refractivity contribution in [1.29, 1.82) is 0 Å². The smallest absolute Gasteiger partial charge is 0.314 e. The molecule has 0 aliphatic heterocycles. The van der Waals surface area contributed by atoms with Crippen LogP contribution in [0.3, 0.4) is 0 Å². The van der Waals surface area contributed by atoms with Crippen molar-refractivity contribution in [3.05, 3.63) is 0 Å². The van der Waals surface area contributed by atoms with Crippen LogP contribution in [0.1, 0.15) is 0 Å². The fourth-order valence-electron chi connectivity index (χ4n) is 0.169. The van der Waals surface area contributed by atoms with E-state index in [1.165, 1.54) is 0 Å². The first-order valence-electron chi connectivity index (χ1n) is 2.18. The van der Waals surface area contributed by atoms with Gasteiger partial charge in [0.25, 0.3) is 0 Å². The monoisotopic (exact) mass is 190 g/mol. The molecule has 8 heteroatoms. The fourth-order valence-corrected chi connectivity index (χ4v) is 1.52. The fraction of sp³-hybridized carbons (Fsp3) is 1.00. The van der Waals surface area contributed by atoms with E-state index in [2.05, 4.69) is 13.4 Å². The summed E-state index contributed by atoms with van der Waals surface area (Å²) in [6, 6.07) is 0. The lowest BCUT2D eigenvalue weighted by molar-refractivity contribution is 0.230. The third kappa shape index (κ3) is 4.17. The normalized spacial score (nSPS) is 19.9. The Kier molecular flexibility index (Phi) is 4.36. The largest absolute Gasteiger partial charge is 0.479 e. The first-order valence-corrected chi connectivity index (χ1v) is 4.90. The summed E-state index contributed by atoms with van der Waals surface area (Å²) in [7, 11) is -4.97. The summed E-state index contributed by atoms with van der Waals surface area (Å²) < 4.78 is 32.7. The van der Waals surface area contributed by atoms with E-state index in [1.807, 2.05) is 0 Å². The van der Waals surface area contributed by atoms with Gasteiger partial charge in [-0.3, -0.25) is 9.09 Å². The van der Waals surface area contributed by atoms with Crippen LogP contribution in [0.25, 0.3) is 0 Å². The highest BCUT2D eigenvalue weighted by Crippen LogP contribution is 2.51. The zero-order valence-electron chi connectivity index (χ0n) is 5.44. The van der Waals surface area contributed by atoms with Crippen molar-refractivity contribution >= 4 is 16.1 Å². The summed E-state index contributed by atoms with van der Waals surface area (Å²) >= 11 is 0. The molecular weight excluding hydrogens is 182 g/mol. The Balaban J connectivity index is 3.89. The standard InChI is InChI=1S/C2H8O6P2/c1-6-9(3)8-10(4,5)7-2/h9H,1-2H3,(H,4,5). The summed E-state index contributed by atoms with van der Waals surface area (Å²) in [5.41, 5.74) is 0. The predicted octanol–water partition coefficient (Wildman–Crippen LogP) is 0.786. The second kappa shape index (κ2) is 4.23. The maximum atomic E-state index is 10.4. The molecule has 0 aromatic carbocycles. The molecule has 1 N–H and O–H groups in total. The van der Waals surface area contributed by atoms with Gasteiger partial charge in [-0.2, -0.15) is 0 Å². The average molecular weight is 190 g/mol. The van der Waals surface area contributed by atoms with Crippen LogP contribution in [0.2, 0.25) is 0 Å². The second-order valence-corrected chi connectivity index (χ2v) is 4.14. The SMILES string of the molecule is CO[PH](=O)OP(=O)(O)OC. The molecule has 10 heavy (non-hydrogen) atoms. The number of phosphoric acid groups is 1. The van der Waals surface area contributed by atoms with Gasteiger partial charge in [-0.1, -0.05) is 0 Å². The van der Waals surface area contributed by atoms with Crippen molar-refractivity contribution in [3.8, 4) is 0 Å². The Morgan fingerprint density at radius 3 is 2.30 bits per heavy atom. The van der Waals surface area contributed by atoms with Gasteiger partial charge >= 0.3 is 16.1 Å². The lowest BCUT2D eigenvalue weighted by Crippen LogP contribution is -1.83. The summed E-state index contributed by atoms with van der Waals surface area (Å²) in [6.07, 6.45) is 0. The molecule has 0 aliphatic rings. The molecule has 0 bridgehead atoms. The van der Waals surface area contributed by atoms with Gasteiger partial charge in [-0.05, 0) is 0 Å². The number of phosphoric ester groups is 1. The topological polar surface area (TPSA) is 82.1 Å². The summed E-state index contributed by atoms with van der Waals surface area (Å²) in [6.45, 7) is 0. The van der Waals surface area contributed by atoms with Crippen LogP contribution in [-0.4, -0.2) is 19.1 Å². The number of hydrogen-bond acceptors (Lipinski definition) is 5. The van der Waals surface area contributed by atoms with Gasteiger partial charge in [0.1, 0.15) is 0 Å². The van der Waals surface area contributed by atoms with Crippen LogP contribution >= 0.6 is 16.1 Å². The van der Waals surface area contributed by atoms with Crippen molar-refractivity contribution in [2.75, 3.05) is 14.2 Å². The molecule has 0 saturated carbocycles. The lowest BCUT2D eigenvalue weighted by atomic mass is 11.8. The molecular formula is C2H8O6P2. The molecule has 0 aromatic rings. The van der Waals surface area contributed by atoms with Crippen LogP contribution in [0, 0.1) is 0 Å². The Labute approximate surface area is 58.7 Å². The average Bonchev–Trinajstić information content (AvgIpc) is 1.87. The lowest BCUT2D eigenvalue weighted by Gasteiger charge is -2.06. The van der Waals surface area contributed by atoms with E-state index in [0.29, 0.717) is 0 Å². The molecule has 6 nitrogen and oxygen atoms in total. The highest BCUT2D eigenvalue weighted by Gasteiger charge is 2.21. The highest BCUT2D eigenvalue weighted by molar-refractivity contribution is 7.55. The first-order chi connectivity index (χ1) is 4.52. The van der Waals surface area contributed by atoms with Gasteiger partial charge in [0.05, 0.1) is 0 Å². The molecule has 0 radical (unpaired) electrons. The minimum atomic E-state index is -4.14. The van der Waals surface area contributed by atoms with Crippen molar-refractivity contribution < 1.29 is 27.4 Å². The molecule has 0 heterocycles. The third-order valence-corrected chi connectivity index (χ3v) is 2.90. The summed E-state index contributed by atoms with van der Waals surface area (Å²) in [5, 5.41) is 0. The molecule has 0 fully saturated rings. The van der Waals surface area contributed by atoms with Gasteiger partial charge in [-0.15, -0.1) is 0 Å². The zero-order valence-corrected chi connectivity index (χ0v) is 7.33. The van der Waals surface area contributed by atoms with E-state index >= 15 is 0 Å². The van der Waals surface area contributed by atoms with E-state index in [1.54, 1.807) is 0 Å². The Bertz CT molecular complexity index is 165. The van der Waals surface area contributed by atoms with Gasteiger partial charge in [-0.25, -0.2) is 8.88 Å². The van der Waals surface area contributed by atoms with Crippen molar-refractivity contribution in [3.63, 3.8) is 0 Å². The molecule has 62 valence electrons. The highest BCUT2D eigenvalue weighted by atomic mass is 31.2. The van der Waals surface area contributed by atoms with Crippen LogP contribution in [0.4, 0.5) is 0 Å². The number of hydrogen-bond donors (Lipinski definition) is 1. The molecule has 0 spiro atoms. The molecule has 0 aliphatic carbocycles. The third-order valence-electron chi connectivity index (χ3n) is 0.587. The van der Waals surface area contributed by atoms with Crippen LogP contribution in [0.5, 0.6) is 0 Å². The minimum Gasteiger partial charge on any atom is -0.314 e. The minimum absolute atomic E-state index is 0.964. The van der Waals surface area contributed by atoms with Crippen molar-refractivity contribution in [1.82, 2.24) is 0 Å². The molecule has 0 aromatic heterocycles. The van der Waals surface area contributed by atoms with Gasteiger partial charge in [0.2, 0.25) is 0 Å². The van der Waals surface area contributed by atoms with Crippen LogP contribution in [0.15, 0.2) is 0 Å². The molecule has 0 amide bonds. The van der Waals surface area contributed by atoms with E-state index in [-0.39, 0.29) is 0 Å². The van der Waals surface area contributed by atoms with Gasteiger partial charge in [0.15, 0.2) is 0 Å². The van der Waals surface area contributed by atoms with Gasteiger partial charge in [0, 0.05) is 14.2 Å². The number of rotatable bonds is 4. The maximum absolute atomic E-state index is 10.4. The Morgan fingerprint density at radius 1 is 1.50 bits per heavy atom. The Morgan fingerprint density at radius 2 is 2.00 bits per heavy atom. The summed E-state index contributed by atoms with van der Waals surface area (Å²) in [5.74, 6) is 0. The zero-order chi connectivity index (χ0) is 8.20. The molecule has 0 saturated heterocycles. The predicted molar refractivity (Wildman–Crippen MR) is 33.9 cm³/mol.